The summed E-state index contributed by atoms with van der Waals surface area (Å²) in [6.45, 7) is 4.51. The lowest BCUT2D eigenvalue weighted by molar-refractivity contribution is -0.0371. The van der Waals surface area contributed by atoms with Crippen LogP contribution in [0.5, 0.6) is 0 Å². The lowest BCUT2D eigenvalue weighted by Crippen LogP contribution is -2.51. The maximum absolute atomic E-state index is 8.85. The minimum atomic E-state index is 0.349. The lowest BCUT2D eigenvalue weighted by atomic mass is 9.99. The molecule has 2 saturated heterocycles. The molecule has 0 aromatic carbocycles. The van der Waals surface area contributed by atoms with E-state index in [1.165, 1.54) is 19.3 Å². The van der Waals surface area contributed by atoms with Crippen LogP contribution < -0.4 is 0 Å². The standard InChI is InChI=1S/C10H19NO2/c12-8-9-5-11(6-9)7-10-3-1-2-4-13-10/h9-10,12H,1-8H2. The second-order valence-electron chi connectivity index (χ2n) is 4.26. The highest BCUT2D eigenvalue weighted by Gasteiger charge is 2.28. The molecular formula is C10H19NO2. The first-order valence-corrected chi connectivity index (χ1v) is 5.33. The Morgan fingerprint density at radius 2 is 2.15 bits per heavy atom. The highest BCUT2D eigenvalue weighted by Crippen LogP contribution is 2.19. The van der Waals surface area contributed by atoms with Gasteiger partial charge in [-0.2, -0.15) is 0 Å². The molecule has 2 heterocycles. The maximum Gasteiger partial charge on any atom is 0.0702 e. The first-order valence-electron chi connectivity index (χ1n) is 5.33. The molecule has 1 N–H and O–H groups in total. The predicted molar refractivity (Wildman–Crippen MR) is 50.6 cm³/mol. The number of aliphatic hydroxyl groups is 1. The van der Waals surface area contributed by atoms with Gasteiger partial charge in [-0.3, -0.25) is 4.90 Å². The third kappa shape index (κ3) is 2.42. The van der Waals surface area contributed by atoms with Crippen molar-refractivity contribution in [3.63, 3.8) is 0 Å². The third-order valence-electron chi connectivity index (χ3n) is 3.03. The number of aliphatic hydroxyl groups excluding tert-OH is 1. The second-order valence-corrected chi connectivity index (χ2v) is 4.26. The molecule has 1 unspecified atom stereocenters. The topological polar surface area (TPSA) is 32.7 Å². The van der Waals surface area contributed by atoms with E-state index >= 15 is 0 Å². The Morgan fingerprint density at radius 3 is 2.77 bits per heavy atom. The Balaban J connectivity index is 1.62. The monoisotopic (exact) mass is 185 g/mol. The zero-order chi connectivity index (χ0) is 9.10. The van der Waals surface area contributed by atoms with Crippen LogP contribution in [0.1, 0.15) is 19.3 Å². The van der Waals surface area contributed by atoms with Crippen molar-refractivity contribution in [2.75, 3.05) is 32.8 Å². The summed E-state index contributed by atoms with van der Waals surface area (Å²) in [6, 6.07) is 0. The summed E-state index contributed by atoms with van der Waals surface area (Å²) in [5, 5.41) is 8.85. The second kappa shape index (κ2) is 4.40. The molecule has 2 rings (SSSR count). The minimum absolute atomic E-state index is 0.349. The third-order valence-corrected chi connectivity index (χ3v) is 3.03. The smallest absolute Gasteiger partial charge is 0.0702 e. The predicted octanol–water partition coefficient (Wildman–Crippen LogP) is 0.480. The summed E-state index contributed by atoms with van der Waals surface area (Å²) < 4.78 is 5.65. The lowest BCUT2D eigenvalue weighted by Gasteiger charge is -2.40. The van der Waals surface area contributed by atoms with Gasteiger partial charge in [0.1, 0.15) is 0 Å². The van der Waals surface area contributed by atoms with E-state index in [4.69, 9.17) is 9.84 Å². The van der Waals surface area contributed by atoms with Crippen molar-refractivity contribution in [1.29, 1.82) is 0 Å². The average Bonchev–Trinajstić information content (AvgIpc) is 2.12. The van der Waals surface area contributed by atoms with E-state index in [2.05, 4.69) is 4.90 Å². The average molecular weight is 185 g/mol. The van der Waals surface area contributed by atoms with Crippen LogP contribution in [-0.4, -0.2) is 49.0 Å². The fraction of sp³-hybridized carbons (Fsp3) is 1.00. The van der Waals surface area contributed by atoms with Gasteiger partial charge in [0, 0.05) is 38.8 Å². The highest BCUT2D eigenvalue weighted by atomic mass is 16.5. The normalized spacial score (nSPS) is 31.6. The van der Waals surface area contributed by atoms with Crippen molar-refractivity contribution in [1.82, 2.24) is 4.90 Å². The van der Waals surface area contributed by atoms with E-state index in [0.29, 0.717) is 18.6 Å². The number of nitrogens with zero attached hydrogens (tertiary/aromatic N) is 1. The van der Waals surface area contributed by atoms with Gasteiger partial charge in [0.05, 0.1) is 6.10 Å². The number of hydrogen-bond donors (Lipinski definition) is 1. The molecular weight excluding hydrogens is 166 g/mol. The largest absolute Gasteiger partial charge is 0.396 e. The molecule has 76 valence electrons. The SMILES string of the molecule is OCC1CN(CC2CCCCO2)C1. The van der Waals surface area contributed by atoms with E-state index < -0.39 is 0 Å². The van der Waals surface area contributed by atoms with Crippen LogP contribution in [0.4, 0.5) is 0 Å². The van der Waals surface area contributed by atoms with Crippen LogP contribution in [0.15, 0.2) is 0 Å². The minimum Gasteiger partial charge on any atom is -0.396 e. The van der Waals surface area contributed by atoms with Gasteiger partial charge in [0.15, 0.2) is 0 Å². The van der Waals surface area contributed by atoms with Crippen LogP contribution >= 0.6 is 0 Å². The zero-order valence-electron chi connectivity index (χ0n) is 8.11. The molecule has 1 atom stereocenters. The van der Waals surface area contributed by atoms with Crippen LogP contribution in [0.2, 0.25) is 0 Å². The fourth-order valence-corrected chi connectivity index (χ4v) is 2.18. The van der Waals surface area contributed by atoms with Crippen molar-refractivity contribution < 1.29 is 9.84 Å². The molecule has 3 heteroatoms. The van der Waals surface area contributed by atoms with Crippen molar-refractivity contribution in [3.8, 4) is 0 Å². The molecule has 3 nitrogen and oxygen atoms in total. The molecule has 0 aromatic heterocycles. The first kappa shape index (κ1) is 9.44. The summed E-state index contributed by atoms with van der Waals surface area (Å²) >= 11 is 0. The zero-order valence-corrected chi connectivity index (χ0v) is 8.11. The molecule has 0 radical (unpaired) electrons. The molecule has 0 saturated carbocycles. The Hall–Kier alpha value is -0.120. The van der Waals surface area contributed by atoms with Crippen LogP contribution in [0.3, 0.4) is 0 Å². The van der Waals surface area contributed by atoms with Crippen LogP contribution in [0, 0.1) is 5.92 Å². The number of likely N-dealkylation sites (tertiary alicyclic amines) is 1. The van der Waals surface area contributed by atoms with Crippen LogP contribution in [-0.2, 0) is 4.74 Å². The van der Waals surface area contributed by atoms with E-state index in [1.54, 1.807) is 0 Å². The Bertz CT molecular complexity index is 151. The number of rotatable bonds is 3. The summed E-state index contributed by atoms with van der Waals surface area (Å²) in [7, 11) is 0. The molecule has 13 heavy (non-hydrogen) atoms. The molecule has 2 aliphatic heterocycles. The molecule has 0 bridgehead atoms. The quantitative estimate of drug-likeness (QED) is 0.694. The highest BCUT2D eigenvalue weighted by molar-refractivity contribution is 4.81. The Labute approximate surface area is 79.7 Å². The molecule has 2 fully saturated rings. The Morgan fingerprint density at radius 1 is 1.31 bits per heavy atom. The van der Waals surface area contributed by atoms with Gasteiger partial charge in [-0.15, -0.1) is 0 Å². The van der Waals surface area contributed by atoms with Crippen molar-refractivity contribution >= 4 is 0 Å². The maximum atomic E-state index is 8.85. The van der Waals surface area contributed by atoms with E-state index in [9.17, 15) is 0 Å². The summed E-state index contributed by atoms with van der Waals surface area (Å²) in [5.74, 6) is 0.531. The summed E-state index contributed by atoms with van der Waals surface area (Å²) in [5.41, 5.74) is 0. The fourth-order valence-electron chi connectivity index (χ4n) is 2.18. The molecule has 0 amide bonds. The van der Waals surface area contributed by atoms with Crippen molar-refractivity contribution in [3.05, 3.63) is 0 Å². The van der Waals surface area contributed by atoms with Crippen molar-refractivity contribution in [2.24, 2.45) is 5.92 Å². The molecule has 0 aromatic rings. The van der Waals surface area contributed by atoms with Gasteiger partial charge in [-0.1, -0.05) is 0 Å². The number of hydrogen-bond acceptors (Lipinski definition) is 3. The Kier molecular flexibility index (Phi) is 3.19. The van der Waals surface area contributed by atoms with Crippen LogP contribution in [0.25, 0.3) is 0 Å². The van der Waals surface area contributed by atoms with Gasteiger partial charge >= 0.3 is 0 Å². The molecule has 0 aliphatic carbocycles. The van der Waals surface area contributed by atoms with E-state index in [1.807, 2.05) is 0 Å². The van der Waals surface area contributed by atoms with Gasteiger partial charge in [0.2, 0.25) is 0 Å². The number of ether oxygens (including phenoxy) is 1. The summed E-state index contributed by atoms with van der Waals surface area (Å²) in [4.78, 5) is 2.39. The van der Waals surface area contributed by atoms with E-state index in [0.717, 1.165) is 26.2 Å². The first-order chi connectivity index (χ1) is 6.38. The van der Waals surface area contributed by atoms with Gasteiger partial charge in [0.25, 0.3) is 0 Å². The van der Waals surface area contributed by atoms with Gasteiger partial charge in [-0.25, -0.2) is 0 Å². The molecule has 0 spiro atoms. The van der Waals surface area contributed by atoms with E-state index in [-0.39, 0.29) is 0 Å². The van der Waals surface area contributed by atoms with Gasteiger partial charge < -0.3 is 9.84 Å². The summed E-state index contributed by atoms with van der Waals surface area (Å²) in [6.07, 6.45) is 4.24. The molecule has 2 aliphatic rings. The van der Waals surface area contributed by atoms with Crippen molar-refractivity contribution in [2.45, 2.75) is 25.4 Å². The van der Waals surface area contributed by atoms with Gasteiger partial charge in [-0.05, 0) is 19.3 Å².